The molecule has 0 bridgehead atoms. The van der Waals surface area contributed by atoms with Crippen LogP contribution in [0.5, 0.6) is 11.6 Å². The minimum Gasteiger partial charge on any atom is -0.436 e. The topological polar surface area (TPSA) is 22.1 Å². The van der Waals surface area contributed by atoms with Crippen LogP contribution in [0, 0.1) is 12.7 Å². The molecule has 0 saturated heterocycles. The monoisotopic (exact) mass is 359 g/mol. The molecule has 2 nitrogen and oxygen atoms in total. The van der Waals surface area contributed by atoms with E-state index in [-0.39, 0.29) is 5.88 Å². The Morgan fingerprint density at radius 2 is 1.94 bits per heavy atom. The second kappa shape index (κ2) is 5.14. The molecule has 0 atom stereocenters. The van der Waals surface area contributed by atoms with Gasteiger partial charge in [-0.3, -0.25) is 0 Å². The van der Waals surface area contributed by atoms with Crippen LogP contribution in [0.3, 0.4) is 0 Å². The zero-order valence-corrected chi connectivity index (χ0v) is 12.0. The smallest absolute Gasteiger partial charge is 0.255 e. The second-order valence-electron chi connectivity index (χ2n) is 3.45. The Kier molecular flexibility index (Phi) is 3.79. The van der Waals surface area contributed by atoms with Gasteiger partial charge >= 0.3 is 0 Å². The molecule has 0 spiro atoms. The Labute approximate surface area is 115 Å². The summed E-state index contributed by atoms with van der Waals surface area (Å²) >= 11 is 6.48. The number of aromatic nitrogens is 1. The number of rotatable bonds is 2. The van der Waals surface area contributed by atoms with Gasteiger partial charge in [0.1, 0.15) is 5.75 Å². The van der Waals surface area contributed by atoms with E-state index in [1.165, 1.54) is 12.3 Å². The van der Waals surface area contributed by atoms with E-state index in [1.54, 1.807) is 6.07 Å². The van der Waals surface area contributed by atoms with Crippen molar-refractivity contribution in [3.05, 3.63) is 50.8 Å². The predicted octanol–water partition coefficient (Wildman–Crippen LogP) is 4.85. The van der Waals surface area contributed by atoms with Gasteiger partial charge in [0.25, 0.3) is 5.88 Å². The van der Waals surface area contributed by atoms with E-state index in [9.17, 15) is 4.39 Å². The molecule has 0 radical (unpaired) electrons. The van der Waals surface area contributed by atoms with Crippen molar-refractivity contribution in [2.45, 2.75) is 6.92 Å². The van der Waals surface area contributed by atoms with Crippen molar-refractivity contribution in [1.82, 2.24) is 4.98 Å². The van der Waals surface area contributed by atoms with Gasteiger partial charge in [-0.2, -0.15) is 0 Å². The lowest BCUT2D eigenvalue weighted by Crippen LogP contribution is -1.93. The molecule has 0 saturated carbocycles. The van der Waals surface area contributed by atoms with Crippen LogP contribution in [0.2, 0.25) is 0 Å². The minimum atomic E-state index is -0.501. The highest BCUT2D eigenvalue weighted by Crippen LogP contribution is 2.29. The number of aryl methyl sites for hydroxylation is 1. The van der Waals surface area contributed by atoms with Crippen LogP contribution in [0.1, 0.15) is 5.56 Å². The summed E-state index contributed by atoms with van der Waals surface area (Å²) in [6.45, 7) is 1.89. The van der Waals surface area contributed by atoms with Crippen LogP contribution in [0.25, 0.3) is 0 Å². The van der Waals surface area contributed by atoms with E-state index >= 15 is 0 Å². The standard InChI is InChI=1S/C12H8Br2FNO/c1-7-2-3-8(13)5-11(7)17-12-10(15)4-9(14)6-16-12/h2-6H,1H3. The zero-order chi connectivity index (χ0) is 12.4. The largest absolute Gasteiger partial charge is 0.436 e. The third-order valence-electron chi connectivity index (χ3n) is 2.13. The van der Waals surface area contributed by atoms with Gasteiger partial charge in [-0.15, -0.1) is 0 Å². The van der Waals surface area contributed by atoms with Crippen LogP contribution < -0.4 is 4.74 Å². The number of benzene rings is 1. The minimum absolute atomic E-state index is 0.0330. The highest BCUT2D eigenvalue weighted by molar-refractivity contribution is 9.10. The van der Waals surface area contributed by atoms with Gasteiger partial charge in [0.05, 0.1) is 0 Å². The molecule has 0 aliphatic rings. The number of nitrogens with zero attached hydrogens (tertiary/aromatic N) is 1. The van der Waals surface area contributed by atoms with Gasteiger partial charge in [-0.25, -0.2) is 9.37 Å². The third kappa shape index (κ3) is 3.04. The Hall–Kier alpha value is -0.940. The summed E-state index contributed by atoms with van der Waals surface area (Å²) in [6, 6.07) is 6.87. The summed E-state index contributed by atoms with van der Waals surface area (Å²) in [7, 11) is 0. The molecule has 0 fully saturated rings. The van der Waals surface area contributed by atoms with Crippen molar-refractivity contribution in [1.29, 1.82) is 0 Å². The van der Waals surface area contributed by atoms with E-state index in [2.05, 4.69) is 36.8 Å². The first-order valence-corrected chi connectivity index (χ1v) is 6.40. The number of hydrogen-bond acceptors (Lipinski definition) is 2. The Bertz CT molecular complexity index is 560. The maximum Gasteiger partial charge on any atom is 0.255 e. The van der Waals surface area contributed by atoms with Crippen molar-refractivity contribution in [2.24, 2.45) is 0 Å². The average molecular weight is 361 g/mol. The van der Waals surface area contributed by atoms with Crippen molar-refractivity contribution < 1.29 is 9.13 Å². The molecule has 0 aliphatic heterocycles. The van der Waals surface area contributed by atoms with Crippen LogP contribution >= 0.6 is 31.9 Å². The SMILES string of the molecule is Cc1ccc(Br)cc1Oc1ncc(Br)cc1F. The summed E-state index contributed by atoms with van der Waals surface area (Å²) in [4.78, 5) is 3.88. The molecule has 0 unspecified atom stereocenters. The summed E-state index contributed by atoms with van der Waals surface area (Å²) in [5.41, 5.74) is 0.914. The normalized spacial score (nSPS) is 10.4. The quantitative estimate of drug-likeness (QED) is 0.763. The highest BCUT2D eigenvalue weighted by Gasteiger charge is 2.09. The van der Waals surface area contributed by atoms with Gasteiger partial charge in [0.2, 0.25) is 0 Å². The molecule has 2 aromatic rings. The van der Waals surface area contributed by atoms with Gasteiger partial charge in [0.15, 0.2) is 5.82 Å². The number of hydrogen-bond donors (Lipinski definition) is 0. The lowest BCUT2D eigenvalue weighted by atomic mass is 10.2. The third-order valence-corrected chi connectivity index (χ3v) is 3.06. The predicted molar refractivity (Wildman–Crippen MR) is 70.8 cm³/mol. The maximum atomic E-state index is 13.5. The number of halogens is 3. The molecule has 5 heteroatoms. The second-order valence-corrected chi connectivity index (χ2v) is 5.28. The van der Waals surface area contributed by atoms with Crippen molar-refractivity contribution >= 4 is 31.9 Å². The molecule has 0 aliphatic carbocycles. The molecule has 1 aromatic heterocycles. The lowest BCUT2D eigenvalue weighted by molar-refractivity contribution is 0.419. The Morgan fingerprint density at radius 1 is 1.18 bits per heavy atom. The number of ether oxygens (including phenoxy) is 1. The van der Waals surface area contributed by atoms with Crippen molar-refractivity contribution in [3.8, 4) is 11.6 Å². The van der Waals surface area contributed by atoms with Crippen molar-refractivity contribution in [2.75, 3.05) is 0 Å². The van der Waals surface area contributed by atoms with Crippen LogP contribution in [0.15, 0.2) is 39.4 Å². The molecule has 2 rings (SSSR count). The van der Waals surface area contributed by atoms with E-state index in [0.717, 1.165) is 10.0 Å². The molecule has 1 aromatic carbocycles. The fourth-order valence-electron chi connectivity index (χ4n) is 1.27. The molecule has 0 N–H and O–H groups in total. The van der Waals surface area contributed by atoms with Gasteiger partial charge in [0, 0.05) is 15.1 Å². The first kappa shape index (κ1) is 12.5. The fourth-order valence-corrected chi connectivity index (χ4v) is 1.91. The molecular weight excluding hydrogens is 353 g/mol. The maximum absolute atomic E-state index is 13.5. The molecule has 17 heavy (non-hydrogen) atoms. The summed E-state index contributed by atoms with van der Waals surface area (Å²) < 4.78 is 20.4. The van der Waals surface area contributed by atoms with Crippen LogP contribution in [-0.2, 0) is 0 Å². The van der Waals surface area contributed by atoms with Crippen molar-refractivity contribution in [3.63, 3.8) is 0 Å². The van der Waals surface area contributed by atoms with Gasteiger partial charge < -0.3 is 4.74 Å². The van der Waals surface area contributed by atoms with E-state index in [0.29, 0.717) is 10.2 Å². The first-order chi connectivity index (χ1) is 8.06. The zero-order valence-electron chi connectivity index (χ0n) is 8.88. The van der Waals surface area contributed by atoms with Crippen LogP contribution in [-0.4, -0.2) is 4.98 Å². The summed E-state index contributed by atoms with van der Waals surface area (Å²) in [5, 5.41) is 0. The highest BCUT2D eigenvalue weighted by atomic mass is 79.9. The van der Waals surface area contributed by atoms with Gasteiger partial charge in [-0.05, 0) is 46.6 Å². The average Bonchev–Trinajstić information content (AvgIpc) is 2.27. The molecule has 1 heterocycles. The Morgan fingerprint density at radius 3 is 2.65 bits per heavy atom. The summed E-state index contributed by atoms with van der Waals surface area (Å²) in [6.07, 6.45) is 1.49. The van der Waals surface area contributed by atoms with Gasteiger partial charge in [-0.1, -0.05) is 22.0 Å². The van der Waals surface area contributed by atoms with E-state index in [1.807, 2.05) is 19.1 Å². The van der Waals surface area contributed by atoms with E-state index < -0.39 is 5.82 Å². The molecule has 0 amide bonds. The molecule has 88 valence electrons. The van der Waals surface area contributed by atoms with Crippen LogP contribution in [0.4, 0.5) is 4.39 Å². The Balaban J connectivity index is 2.34. The first-order valence-electron chi connectivity index (χ1n) is 4.81. The van der Waals surface area contributed by atoms with E-state index in [4.69, 9.17) is 4.74 Å². The summed E-state index contributed by atoms with van der Waals surface area (Å²) in [5.74, 6) is 0.0428. The lowest BCUT2D eigenvalue weighted by Gasteiger charge is -2.08. The molecular formula is C12H8Br2FNO. The fraction of sp³-hybridized carbons (Fsp3) is 0.0833. The number of pyridine rings is 1.